The number of rotatable bonds is 5. The predicted octanol–water partition coefficient (Wildman–Crippen LogP) is 2.30. The summed E-state index contributed by atoms with van der Waals surface area (Å²) < 4.78 is 0. The molecule has 102 valence electrons. The minimum Gasteiger partial charge on any atom is -0.396 e. The Morgan fingerprint density at radius 3 is 3.26 bits per heavy atom. The zero-order chi connectivity index (χ0) is 13.1. The van der Waals surface area contributed by atoms with Gasteiger partial charge in [-0.05, 0) is 37.8 Å². The van der Waals surface area contributed by atoms with Crippen LogP contribution in [0.2, 0.25) is 0 Å². The topological polar surface area (TPSA) is 52.1 Å². The molecule has 0 radical (unpaired) electrons. The highest BCUT2D eigenvalue weighted by Gasteiger charge is 2.24. The van der Waals surface area contributed by atoms with Crippen molar-refractivity contribution in [3.05, 3.63) is 30.0 Å². The Kier molecular flexibility index (Phi) is 3.80. The summed E-state index contributed by atoms with van der Waals surface area (Å²) in [6.45, 7) is 2.46. The van der Waals surface area contributed by atoms with Gasteiger partial charge in [-0.1, -0.05) is 18.2 Å². The third kappa shape index (κ3) is 2.65. The summed E-state index contributed by atoms with van der Waals surface area (Å²) in [7, 11) is 0. The van der Waals surface area contributed by atoms with Crippen molar-refractivity contribution in [3.8, 4) is 0 Å². The quantitative estimate of drug-likeness (QED) is 0.866. The highest BCUT2D eigenvalue weighted by Crippen LogP contribution is 2.25. The number of nitrogens with one attached hydrogen (secondary N) is 1. The number of aliphatic hydroxyl groups excluding tert-OH is 1. The number of hydrogen-bond acceptors (Lipinski definition) is 3. The number of H-pyrrole nitrogens is 1. The molecular weight excluding hydrogens is 238 g/mol. The summed E-state index contributed by atoms with van der Waals surface area (Å²) in [6.07, 6.45) is 6.44. The summed E-state index contributed by atoms with van der Waals surface area (Å²) in [6, 6.07) is 7.01. The largest absolute Gasteiger partial charge is 0.396 e. The van der Waals surface area contributed by atoms with Gasteiger partial charge in [-0.3, -0.25) is 10.00 Å². The maximum absolute atomic E-state index is 8.98. The molecule has 1 atom stereocenters. The molecule has 0 aliphatic carbocycles. The average molecular weight is 259 g/mol. The van der Waals surface area contributed by atoms with Gasteiger partial charge in [0, 0.05) is 24.6 Å². The van der Waals surface area contributed by atoms with Crippen molar-refractivity contribution in [2.75, 3.05) is 13.2 Å². The van der Waals surface area contributed by atoms with E-state index in [1.165, 1.54) is 30.3 Å². The monoisotopic (exact) mass is 259 g/mol. The molecule has 1 aliphatic heterocycles. The van der Waals surface area contributed by atoms with Crippen LogP contribution >= 0.6 is 0 Å². The van der Waals surface area contributed by atoms with Crippen LogP contribution in [0, 0.1) is 0 Å². The molecule has 0 bridgehead atoms. The number of aliphatic hydroxyl groups is 1. The van der Waals surface area contributed by atoms with Gasteiger partial charge in [0.2, 0.25) is 0 Å². The van der Waals surface area contributed by atoms with Crippen molar-refractivity contribution < 1.29 is 5.11 Å². The number of hydrogen-bond donors (Lipinski definition) is 2. The van der Waals surface area contributed by atoms with Gasteiger partial charge in [-0.25, -0.2) is 0 Å². The van der Waals surface area contributed by atoms with Crippen molar-refractivity contribution in [1.82, 2.24) is 15.1 Å². The molecule has 19 heavy (non-hydrogen) atoms. The first-order valence-corrected chi connectivity index (χ1v) is 7.14. The molecule has 4 heteroatoms. The highest BCUT2D eigenvalue weighted by molar-refractivity contribution is 5.81. The molecule has 1 fully saturated rings. The van der Waals surface area contributed by atoms with Crippen LogP contribution in [0.25, 0.3) is 10.9 Å². The molecule has 4 nitrogen and oxygen atoms in total. The van der Waals surface area contributed by atoms with Gasteiger partial charge in [0.05, 0.1) is 11.7 Å². The number of aromatic nitrogens is 2. The van der Waals surface area contributed by atoms with E-state index in [4.69, 9.17) is 5.11 Å². The van der Waals surface area contributed by atoms with Gasteiger partial charge in [0.1, 0.15) is 0 Å². The third-order valence-electron chi connectivity index (χ3n) is 4.13. The number of likely N-dealkylation sites (tertiary alicyclic amines) is 1. The smallest absolute Gasteiger partial charge is 0.0695 e. The van der Waals surface area contributed by atoms with E-state index in [2.05, 4.69) is 33.3 Å². The fraction of sp³-hybridized carbons (Fsp3) is 0.533. The van der Waals surface area contributed by atoms with Crippen molar-refractivity contribution >= 4 is 10.9 Å². The van der Waals surface area contributed by atoms with Crippen LogP contribution in [0.15, 0.2) is 24.4 Å². The molecule has 0 amide bonds. The molecule has 1 saturated heterocycles. The molecule has 0 saturated carbocycles. The molecule has 1 aromatic heterocycles. The normalized spacial score (nSPS) is 20.4. The van der Waals surface area contributed by atoms with Crippen molar-refractivity contribution in [2.24, 2.45) is 0 Å². The number of para-hydroxylation sites is 1. The molecule has 1 unspecified atom stereocenters. The van der Waals surface area contributed by atoms with Gasteiger partial charge in [0.15, 0.2) is 0 Å². The van der Waals surface area contributed by atoms with Gasteiger partial charge < -0.3 is 5.11 Å². The maximum atomic E-state index is 8.98. The summed E-state index contributed by atoms with van der Waals surface area (Å²) in [5.41, 5.74) is 2.49. The molecule has 1 aliphatic rings. The number of aromatic amines is 1. The second kappa shape index (κ2) is 5.72. The molecular formula is C15H21N3O. The third-order valence-corrected chi connectivity index (χ3v) is 4.13. The summed E-state index contributed by atoms with van der Waals surface area (Å²) in [5, 5.41) is 17.4. The van der Waals surface area contributed by atoms with Crippen molar-refractivity contribution in [2.45, 2.75) is 38.3 Å². The fourth-order valence-electron chi connectivity index (χ4n) is 3.14. The lowest BCUT2D eigenvalue weighted by molar-refractivity contribution is 0.210. The summed E-state index contributed by atoms with van der Waals surface area (Å²) >= 11 is 0. The van der Waals surface area contributed by atoms with E-state index < -0.39 is 0 Å². The average Bonchev–Trinajstić information content (AvgIpc) is 3.05. The SMILES string of the molecule is OCCCC1CCCN1Cc1cccc2cn[nH]c12. The van der Waals surface area contributed by atoms with Gasteiger partial charge in [0.25, 0.3) is 0 Å². The van der Waals surface area contributed by atoms with E-state index in [1.54, 1.807) is 0 Å². The maximum Gasteiger partial charge on any atom is 0.0695 e. The van der Waals surface area contributed by atoms with Gasteiger partial charge in [-0.2, -0.15) is 5.10 Å². The van der Waals surface area contributed by atoms with Gasteiger partial charge in [-0.15, -0.1) is 0 Å². The zero-order valence-corrected chi connectivity index (χ0v) is 11.2. The van der Waals surface area contributed by atoms with Crippen LogP contribution in [0.4, 0.5) is 0 Å². The van der Waals surface area contributed by atoms with Crippen molar-refractivity contribution in [3.63, 3.8) is 0 Å². The first-order chi connectivity index (χ1) is 9.38. The first-order valence-electron chi connectivity index (χ1n) is 7.14. The minimum atomic E-state index is 0.306. The molecule has 2 heterocycles. The number of nitrogens with zero attached hydrogens (tertiary/aromatic N) is 2. The zero-order valence-electron chi connectivity index (χ0n) is 11.2. The highest BCUT2D eigenvalue weighted by atomic mass is 16.2. The Morgan fingerprint density at radius 2 is 2.37 bits per heavy atom. The fourth-order valence-corrected chi connectivity index (χ4v) is 3.14. The number of benzene rings is 1. The lowest BCUT2D eigenvalue weighted by Crippen LogP contribution is -2.29. The molecule has 3 rings (SSSR count). The van der Waals surface area contributed by atoms with Crippen LogP contribution in [-0.2, 0) is 6.54 Å². The van der Waals surface area contributed by atoms with Crippen molar-refractivity contribution in [1.29, 1.82) is 0 Å². The van der Waals surface area contributed by atoms with Crippen LogP contribution in [0.3, 0.4) is 0 Å². The van der Waals surface area contributed by atoms with E-state index in [1.807, 2.05) is 6.20 Å². The molecule has 1 aromatic carbocycles. The Hall–Kier alpha value is -1.39. The Labute approximate surface area is 113 Å². The molecule has 2 aromatic rings. The number of fused-ring (bicyclic) bond motifs is 1. The second-order valence-electron chi connectivity index (χ2n) is 5.38. The van der Waals surface area contributed by atoms with Crippen LogP contribution in [-0.4, -0.2) is 39.4 Å². The van der Waals surface area contributed by atoms with Crippen LogP contribution in [0.5, 0.6) is 0 Å². The van der Waals surface area contributed by atoms with E-state index in [0.29, 0.717) is 12.6 Å². The Morgan fingerprint density at radius 1 is 1.42 bits per heavy atom. The second-order valence-corrected chi connectivity index (χ2v) is 5.38. The Balaban J connectivity index is 1.75. The Bertz CT molecular complexity index is 537. The summed E-state index contributed by atoms with van der Waals surface area (Å²) in [4.78, 5) is 2.55. The molecule has 0 spiro atoms. The summed E-state index contributed by atoms with van der Waals surface area (Å²) in [5.74, 6) is 0. The molecule has 2 N–H and O–H groups in total. The van der Waals surface area contributed by atoms with Crippen LogP contribution < -0.4 is 0 Å². The van der Waals surface area contributed by atoms with E-state index in [-0.39, 0.29) is 0 Å². The van der Waals surface area contributed by atoms with E-state index in [0.717, 1.165) is 24.9 Å². The van der Waals surface area contributed by atoms with E-state index in [9.17, 15) is 0 Å². The van der Waals surface area contributed by atoms with E-state index >= 15 is 0 Å². The van der Waals surface area contributed by atoms with Gasteiger partial charge >= 0.3 is 0 Å². The standard InChI is InChI=1S/C15H21N3O/c19-9-3-7-14-6-2-8-18(14)11-13-5-1-4-12-10-16-17-15(12)13/h1,4-5,10,14,19H,2-3,6-9,11H2,(H,16,17). The minimum absolute atomic E-state index is 0.306. The van der Waals surface area contributed by atoms with Crippen LogP contribution in [0.1, 0.15) is 31.2 Å². The first kappa shape index (κ1) is 12.6. The lowest BCUT2D eigenvalue weighted by atomic mass is 10.1. The predicted molar refractivity (Wildman–Crippen MR) is 75.8 cm³/mol. The lowest BCUT2D eigenvalue weighted by Gasteiger charge is -2.24.